The van der Waals surface area contributed by atoms with E-state index in [1.165, 1.54) is 5.56 Å². The zero-order valence-corrected chi connectivity index (χ0v) is 10.6. The van der Waals surface area contributed by atoms with Crippen molar-refractivity contribution in [3.05, 3.63) is 33.4 Å². The Kier molecular flexibility index (Phi) is 2.43. The minimum Gasteiger partial charge on any atom is -0.398 e. The standard InChI is InChI=1S/C12H13BrN2/c1-6-4-5-9-11(14)7(2)8(3)15-12(9)10(6)13/h4-5H,1-3H3,(H2,14,15). The molecule has 0 aliphatic carbocycles. The van der Waals surface area contributed by atoms with Gasteiger partial charge in [0.15, 0.2) is 0 Å². The summed E-state index contributed by atoms with van der Waals surface area (Å²) in [6.07, 6.45) is 0. The minimum absolute atomic E-state index is 0.832. The lowest BCUT2D eigenvalue weighted by molar-refractivity contribution is 1.19. The van der Waals surface area contributed by atoms with E-state index in [1.54, 1.807) is 0 Å². The number of benzene rings is 1. The van der Waals surface area contributed by atoms with E-state index in [9.17, 15) is 0 Å². The second-order valence-electron chi connectivity index (χ2n) is 3.83. The van der Waals surface area contributed by atoms with Crippen LogP contribution in [0.3, 0.4) is 0 Å². The molecule has 3 heteroatoms. The summed E-state index contributed by atoms with van der Waals surface area (Å²) in [6, 6.07) is 4.09. The number of pyridine rings is 1. The number of fused-ring (bicyclic) bond motifs is 1. The Balaban J connectivity index is 2.98. The van der Waals surface area contributed by atoms with Crippen LogP contribution in [0.15, 0.2) is 16.6 Å². The molecule has 0 saturated carbocycles. The van der Waals surface area contributed by atoms with Crippen LogP contribution in [-0.4, -0.2) is 4.98 Å². The van der Waals surface area contributed by atoms with E-state index in [0.29, 0.717) is 0 Å². The highest BCUT2D eigenvalue weighted by molar-refractivity contribution is 9.10. The van der Waals surface area contributed by atoms with Gasteiger partial charge in [-0.1, -0.05) is 12.1 Å². The van der Waals surface area contributed by atoms with Gasteiger partial charge in [0.2, 0.25) is 0 Å². The number of anilines is 1. The van der Waals surface area contributed by atoms with E-state index in [1.807, 2.05) is 19.9 Å². The molecular formula is C12H13BrN2. The lowest BCUT2D eigenvalue weighted by Crippen LogP contribution is -1.98. The molecule has 0 fully saturated rings. The summed E-state index contributed by atoms with van der Waals surface area (Å²) in [5.41, 5.74) is 11.1. The van der Waals surface area contributed by atoms with E-state index in [4.69, 9.17) is 5.73 Å². The molecule has 2 N–H and O–H groups in total. The molecule has 0 bridgehead atoms. The third kappa shape index (κ3) is 1.51. The van der Waals surface area contributed by atoms with Crippen molar-refractivity contribution in [3.63, 3.8) is 0 Å². The molecule has 2 rings (SSSR count). The molecule has 1 aromatic carbocycles. The summed E-state index contributed by atoms with van der Waals surface area (Å²) < 4.78 is 1.04. The van der Waals surface area contributed by atoms with Gasteiger partial charge in [-0.15, -0.1) is 0 Å². The molecule has 0 aliphatic heterocycles. The molecule has 2 aromatic rings. The number of rotatable bonds is 0. The number of nitrogens with zero attached hydrogens (tertiary/aromatic N) is 1. The number of nitrogen functional groups attached to an aromatic ring is 1. The van der Waals surface area contributed by atoms with Gasteiger partial charge in [0.1, 0.15) is 0 Å². The molecule has 0 aliphatic rings. The van der Waals surface area contributed by atoms with Gasteiger partial charge in [0.25, 0.3) is 0 Å². The van der Waals surface area contributed by atoms with Gasteiger partial charge in [-0.05, 0) is 47.8 Å². The molecule has 0 spiro atoms. The first kappa shape index (κ1) is 10.4. The van der Waals surface area contributed by atoms with Crippen molar-refractivity contribution in [3.8, 4) is 0 Å². The maximum absolute atomic E-state index is 6.08. The van der Waals surface area contributed by atoms with Crippen molar-refractivity contribution in [1.82, 2.24) is 4.98 Å². The van der Waals surface area contributed by atoms with Crippen molar-refractivity contribution >= 4 is 32.5 Å². The molecule has 1 aromatic heterocycles. The largest absolute Gasteiger partial charge is 0.398 e. The summed E-state index contributed by atoms with van der Waals surface area (Å²) in [6.45, 7) is 6.04. The Morgan fingerprint density at radius 3 is 2.53 bits per heavy atom. The molecule has 2 nitrogen and oxygen atoms in total. The van der Waals surface area contributed by atoms with Gasteiger partial charge >= 0.3 is 0 Å². The van der Waals surface area contributed by atoms with Gasteiger partial charge in [-0.3, -0.25) is 4.98 Å². The van der Waals surface area contributed by atoms with Crippen molar-refractivity contribution in [1.29, 1.82) is 0 Å². The van der Waals surface area contributed by atoms with Crippen LogP contribution in [0.2, 0.25) is 0 Å². The molecular weight excluding hydrogens is 252 g/mol. The highest BCUT2D eigenvalue weighted by atomic mass is 79.9. The van der Waals surface area contributed by atoms with Crippen LogP contribution in [-0.2, 0) is 0 Å². The normalized spacial score (nSPS) is 10.9. The fraction of sp³-hybridized carbons (Fsp3) is 0.250. The number of hydrogen-bond acceptors (Lipinski definition) is 2. The van der Waals surface area contributed by atoms with Gasteiger partial charge in [-0.2, -0.15) is 0 Å². The number of halogens is 1. The van der Waals surface area contributed by atoms with Crippen LogP contribution in [0.1, 0.15) is 16.8 Å². The smallest absolute Gasteiger partial charge is 0.0870 e. The fourth-order valence-electron chi connectivity index (χ4n) is 1.64. The maximum Gasteiger partial charge on any atom is 0.0870 e. The molecule has 0 atom stereocenters. The first-order valence-electron chi connectivity index (χ1n) is 4.84. The van der Waals surface area contributed by atoms with Gasteiger partial charge in [-0.25, -0.2) is 0 Å². The first-order valence-corrected chi connectivity index (χ1v) is 5.63. The van der Waals surface area contributed by atoms with E-state index in [2.05, 4.69) is 33.9 Å². The van der Waals surface area contributed by atoms with Gasteiger partial charge < -0.3 is 5.73 Å². The van der Waals surface area contributed by atoms with E-state index >= 15 is 0 Å². The summed E-state index contributed by atoms with van der Waals surface area (Å²) in [4.78, 5) is 4.57. The second-order valence-corrected chi connectivity index (χ2v) is 4.62. The zero-order chi connectivity index (χ0) is 11.2. The molecule has 0 radical (unpaired) electrons. The molecule has 0 saturated heterocycles. The second kappa shape index (κ2) is 3.49. The molecule has 15 heavy (non-hydrogen) atoms. The SMILES string of the molecule is Cc1ccc2c(N)c(C)c(C)nc2c1Br. The van der Waals surface area contributed by atoms with Crippen LogP contribution < -0.4 is 5.73 Å². The summed E-state index contributed by atoms with van der Waals surface area (Å²) in [5, 5.41) is 1.02. The van der Waals surface area contributed by atoms with Crippen LogP contribution in [0, 0.1) is 20.8 Å². The van der Waals surface area contributed by atoms with Crippen LogP contribution >= 0.6 is 15.9 Å². The Hall–Kier alpha value is -1.09. The maximum atomic E-state index is 6.08. The van der Waals surface area contributed by atoms with Gasteiger partial charge in [0.05, 0.1) is 5.52 Å². The molecule has 78 valence electrons. The lowest BCUT2D eigenvalue weighted by atomic mass is 10.1. The van der Waals surface area contributed by atoms with Crippen molar-refractivity contribution in [2.45, 2.75) is 20.8 Å². The van der Waals surface area contributed by atoms with Crippen LogP contribution in [0.5, 0.6) is 0 Å². The minimum atomic E-state index is 0.832. The Morgan fingerprint density at radius 2 is 1.87 bits per heavy atom. The van der Waals surface area contributed by atoms with Gasteiger partial charge in [0, 0.05) is 21.2 Å². The predicted molar refractivity (Wildman–Crippen MR) is 68.1 cm³/mol. The third-order valence-electron chi connectivity index (χ3n) is 2.83. The Bertz CT molecular complexity index is 547. The zero-order valence-electron chi connectivity index (χ0n) is 9.06. The first-order chi connectivity index (χ1) is 7.02. The molecule has 0 unspecified atom stereocenters. The average molecular weight is 265 g/mol. The number of aryl methyl sites for hydroxylation is 2. The quantitative estimate of drug-likeness (QED) is 0.791. The number of hydrogen-bond donors (Lipinski definition) is 1. The van der Waals surface area contributed by atoms with Crippen LogP contribution in [0.4, 0.5) is 5.69 Å². The van der Waals surface area contributed by atoms with E-state index < -0.39 is 0 Å². The number of aromatic nitrogens is 1. The van der Waals surface area contributed by atoms with Crippen molar-refractivity contribution in [2.24, 2.45) is 0 Å². The molecule has 1 heterocycles. The average Bonchev–Trinajstić information content (AvgIpc) is 2.21. The topological polar surface area (TPSA) is 38.9 Å². The summed E-state index contributed by atoms with van der Waals surface area (Å²) >= 11 is 3.56. The summed E-state index contributed by atoms with van der Waals surface area (Å²) in [7, 11) is 0. The van der Waals surface area contributed by atoms with Crippen molar-refractivity contribution < 1.29 is 0 Å². The Morgan fingerprint density at radius 1 is 1.20 bits per heavy atom. The van der Waals surface area contributed by atoms with E-state index in [-0.39, 0.29) is 0 Å². The molecule has 0 amide bonds. The van der Waals surface area contributed by atoms with Crippen LogP contribution in [0.25, 0.3) is 10.9 Å². The highest BCUT2D eigenvalue weighted by Crippen LogP contribution is 2.31. The Labute approximate surface area is 97.6 Å². The monoisotopic (exact) mass is 264 g/mol. The van der Waals surface area contributed by atoms with Crippen molar-refractivity contribution in [2.75, 3.05) is 5.73 Å². The highest BCUT2D eigenvalue weighted by Gasteiger charge is 2.09. The summed E-state index contributed by atoms with van der Waals surface area (Å²) in [5.74, 6) is 0. The number of nitrogens with two attached hydrogens (primary N) is 1. The predicted octanol–water partition coefficient (Wildman–Crippen LogP) is 3.50. The fourth-order valence-corrected chi connectivity index (χ4v) is 2.07. The van der Waals surface area contributed by atoms with E-state index in [0.717, 1.165) is 32.3 Å². The lowest BCUT2D eigenvalue weighted by Gasteiger charge is -2.10. The third-order valence-corrected chi connectivity index (χ3v) is 3.83.